The molecule has 3 rings (SSSR count). The number of aliphatic hydroxyl groups excluding tert-OH is 2. The lowest BCUT2D eigenvalue weighted by Crippen LogP contribution is -2.54. The fourth-order valence-corrected chi connectivity index (χ4v) is 5.57. The van der Waals surface area contributed by atoms with Gasteiger partial charge in [-0.2, -0.15) is 0 Å². The first-order chi connectivity index (χ1) is 21.6. The molecule has 1 aliphatic heterocycles. The molecule has 0 radical (unpaired) electrons. The zero-order valence-corrected chi connectivity index (χ0v) is 27.0. The number of amides is 2. The van der Waals surface area contributed by atoms with Gasteiger partial charge in [0.05, 0.1) is 25.3 Å². The monoisotopic (exact) mass is 631 g/mol. The fourth-order valence-electron chi connectivity index (χ4n) is 5.57. The van der Waals surface area contributed by atoms with Crippen LogP contribution >= 0.6 is 0 Å². The minimum absolute atomic E-state index is 0.0945. The summed E-state index contributed by atoms with van der Waals surface area (Å²) in [7, 11) is 3.04. The van der Waals surface area contributed by atoms with Gasteiger partial charge < -0.3 is 39.5 Å². The molecule has 1 heterocycles. The van der Waals surface area contributed by atoms with Crippen molar-refractivity contribution < 1.29 is 38.4 Å². The van der Waals surface area contributed by atoms with Crippen LogP contribution in [0.1, 0.15) is 54.6 Å². The van der Waals surface area contributed by atoms with Crippen LogP contribution in [0, 0.1) is 11.7 Å². The Bertz CT molecular complexity index is 1180. The Kier molecular flexibility index (Phi) is 15.3. The molecule has 250 valence electrons. The van der Waals surface area contributed by atoms with Crippen LogP contribution in [0.15, 0.2) is 48.5 Å². The largest absolute Gasteiger partial charge is 0.388 e. The number of carbonyl (C=O) groups is 2. The van der Waals surface area contributed by atoms with E-state index < -0.39 is 36.1 Å². The van der Waals surface area contributed by atoms with Crippen molar-refractivity contribution in [2.45, 2.75) is 70.6 Å². The van der Waals surface area contributed by atoms with E-state index in [1.165, 1.54) is 30.2 Å². The van der Waals surface area contributed by atoms with Gasteiger partial charge in [0.1, 0.15) is 24.1 Å². The molecule has 0 unspecified atom stereocenters. The molecule has 0 bridgehead atoms. The van der Waals surface area contributed by atoms with Crippen LogP contribution in [0.5, 0.6) is 0 Å². The van der Waals surface area contributed by atoms with Crippen LogP contribution in [-0.4, -0.2) is 110 Å². The van der Waals surface area contributed by atoms with E-state index in [1.54, 1.807) is 13.2 Å². The number of nitrogens with zero attached hydrogens (tertiary/aromatic N) is 2. The number of aliphatic hydroxyl groups is 2. The predicted molar refractivity (Wildman–Crippen MR) is 169 cm³/mol. The van der Waals surface area contributed by atoms with Crippen molar-refractivity contribution >= 4 is 11.8 Å². The molecular formula is C34H50FN3O7. The second-order valence-corrected chi connectivity index (χ2v) is 12.0. The lowest BCUT2D eigenvalue weighted by atomic mass is 9.99. The van der Waals surface area contributed by atoms with Crippen LogP contribution in [0.3, 0.4) is 0 Å². The van der Waals surface area contributed by atoms with E-state index in [-0.39, 0.29) is 43.6 Å². The smallest absolute Gasteiger partial charge is 0.256 e. The third-order valence-electron chi connectivity index (χ3n) is 7.97. The van der Waals surface area contributed by atoms with Crippen molar-refractivity contribution in [3.05, 3.63) is 71.0 Å². The standard InChI is InChI=1S/C34H50FN3O7/c1-24(2)17-27-20-37(34(42)28-9-5-6-10-29(28)35)21-31(44-4)33(41)30(39)23-45-16-8-7-15-38(27)32(40)19-36-18-25-11-13-26(14-12-25)22-43-3/h5-6,9-14,24,27,30-31,33,36,39,41H,7-8,15-23H2,1-4H3/t27-,30-,31-,33-/m1/s1. The second kappa shape index (κ2) is 18.9. The van der Waals surface area contributed by atoms with Crippen LogP contribution < -0.4 is 5.32 Å². The van der Waals surface area contributed by atoms with E-state index in [1.807, 2.05) is 29.2 Å². The van der Waals surface area contributed by atoms with Gasteiger partial charge in [-0.05, 0) is 48.4 Å². The normalized spacial score (nSPS) is 22.3. The summed E-state index contributed by atoms with van der Waals surface area (Å²) in [6.45, 7) is 5.87. The van der Waals surface area contributed by atoms with Crippen LogP contribution in [0.25, 0.3) is 0 Å². The number of carbonyl (C=O) groups excluding carboxylic acids is 2. The van der Waals surface area contributed by atoms with Gasteiger partial charge in [-0.3, -0.25) is 9.59 Å². The maximum atomic E-state index is 14.8. The van der Waals surface area contributed by atoms with Crippen LogP contribution in [0.4, 0.5) is 4.39 Å². The summed E-state index contributed by atoms with van der Waals surface area (Å²) in [4.78, 5) is 30.9. The molecule has 1 saturated heterocycles. The average molecular weight is 632 g/mol. The minimum atomic E-state index is -1.36. The van der Waals surface area contributed by atoms with Gasteiger partial charge in [-0.15, -0.1) is 0 Å². The van der Waals surface area contributed by atoms with Gasteiger partial charge in [0.15, 0.2) is 0 Å². The Morgan fingerprint density at radius 3 is 2.42 bits per heavy atom. The highest BCUT2D eigenvalue weighted by molar-refractivity contribution is 5.94. The number of nitrogens with one attached hydrogen (secondary N) is 1. The Morgan fingerprint density at radius 1 is 1.04 bits per heavy atom. The minimum Gasteiger partial charge on any atom is -0.388 e. The van der Waals surface area contributed by atoms with Gasteiger partial charge in [-0.1, -0.05) is 50.2 Å². The summed E-state index contributed by atoms with van der Waals surface area (Å²) >= 11 is 0. The molecule has 4 atom stereocenters. The Hall–Kier alpha value is -2.93. The first kappa shape index (κ1) is 36.5. The maximum Gasteiger partial charge on any atom is 0.256 e. The number of ether oxygens (including phenoxy) is 3. The predicted octanol–water partition coefficient (Wildman–Crippen LogP) is 2.99. The van der Waals surface area contributed by atoms with Gasteiger partial charge in [0.25, 0.3) is 5.91 Å². The summed E-state index contributed by atoms with van der Waals surface area (Å²) in [5.41, 5.74) is 1.98. The van der Waals surface area contributed by atoms with Crippen molar-refractivity contribution in [2.24, 2.45) is 5.92 Å². The molecule has 0 spiro atoms. The SMILES string of the molecule is COCc1ccc(CNCC(=O)N2CCCCOC[C@@H](O)[C@@H](O)[C@H](OC)CN(C(=O)c3ccccc3F)C[C@H]2CC(C)C)cc1. The van der Waals surface area contributed by atoms with Crippen molar-refractivity contribution in [1.82, 2.24) is 15.1 Å². The van der Waals surface area contributed by atoms with Gasteiger partial charge >= 0.3 is 0 Å². The number of halogens is 1. The number of methoxy groups -OCH3 is 2. The lowest BCUT2D eigenvalue weighted by Gasteiger charge is -2.39. The maximum absolute atomic E-state index is 14.8. The third-order valence-corrected chi connectivity index (χ3v) is 7.97. The Labute approximate surface area is 266 Å². The highest BCUT2D eigenvalue weighted by Crippen LogP contribution is 2.20. The lowest BCUT2D eigenvalue weighted by molar-refractivity contribution is -0.134. The molecule has 2 aromatic carbocycles. The van der Waals surface area contributed by atoms with Crippen LogP contribution in [-0.2, 0) is 32.2 Å². The van der Waals surface area contributed by atoms with E-state index >= 15 is 0 Å². The first-order valence-electron chi connectivity index (χ1n) is 15.7. The topological polar surface area (TPSA) is 121 Å². The van der Waals surface area contributed by atoms with Crippen LogP contribution in [0.2, 0.25) is 0 Å². The van der Waals surface area contributed by atoms with Crippen molar-refractivity contribution in [3.8, 4) is 0 Å². The van der Waals surface area contributed by atoms with E-state index in [0.717, 1.165) is 11.1 Å². The molecular weight excluding hydrogens is 581 g/mol. The zero-order chi connectivity index (χ0) is 32.8. The Balaban J connectivity index is 1.88. The number of hydrogen-bond acceptors (Lipinski definition) is 8. The zero-order valence-electron chi connectivity index (χ0n) is 27.0. The van der Waals surface area contributed by atoms with E-state index in [4.69, 9.17) is 14.2 Å². The molecule has 45 heavy (non-hydrogen) atoms. The summed E-state index contributed by atoms with van der Waals surface area (Å²) in [5, 5.41) is 24.8. The number of hydrogen-bond donors (Lipinski definition) is 3. The molecule has 10 nitrogen and oxygen atoms in total. The van der Waals surface area contributed by atoms with Crippen molar-refractivity contribution in [2.75, 3.05) is 53.6 Å². The van der Waals surface area contributed by atoms with E-state index in [2.05, 4.69) is 19.2 Å². The fraction of sp³-hybridized carbons (Fsp3) is 0.588. The summed E-state index contributed by atoms with van der Waals surface area (Å²) in [6.07, 6.45) is -1.72. The first-order valence-corrected chi connectivity index (χ1v) is 15.7. The summed E-state index contributed by atoms with van der Waals surface area (Å²) in [5.74, 6) is -1.18. The Morgan fingerprint density at radius 2 is 1.76 bits per heavy atom. The number of benzene rings is 2. The summed E-state index contributed by atoms with van der Waals surface area (Å²) < 4.78 is 31.2. The molecule has 2 aromatic rings. The van der Waals surface area contributed by atoms with Gasteiger partial charge in [0.2, 0.25) is 5.91 Å². The molecule has 0 saturated carbocycles. The number of rotatable bonds is 10. The van der Waals surface area contributed by atoms with Crippen molar-refractivity contribution in [1.29, 1.82) is 0 Å². The van der Waals surface area contributed by atoms with Gasteiger partial charge in [-0.25, -0.2) is 4.39 Å². The summed E-state index contributed by atoms with van der Waals surface area (Å²) in [6, 6.07) is 13.3. The quantitative estimate of drug-likeness (QED) is 0.366. The van der Waals surface area contributed by atoms with E-state index in [9.17, 15) is 24.2 Å². The molecule has 3 N–H and O–H groups in total. The molecule has 0 aliphatic carbocycles. The van der Waals surface area contributed by atoms with Gasteiger partial charge in [0, 0.05) is 53.0 Å². The highest BCUT2D eigenvalue weighted by atomic mass is 19.1. The third kappa shape index (κ3) is 11.4. The van der Waals surface area contributed by atoms with Crippen molar-refractivity contribution in [3.63, 3.8) is 0 Å². The molecule has 2 amide bonds. The molecule has 1 aliphatic rings. The second-order valence-electron chi connectivity index (χ2n) is 12.0. The molecule has 1 fully saturated rings. The average Bonchev–Trinajstić information content (AvgIpc) is 3.02. The molecule has 0 aromatic heterocycles. The molecule has 11 heteroatoms. The highest BCUT2D eigenvalue weighted by Gasteiger charge is 2.34. The van der Waals surface area contributed by atoms with E-state index in [0.29, 0.717) is 45.6 Å².